The van der Waals surface area contributed by atoms with Gasteiger partial charge in [0, 0.05) is 94.1 Å². The fraction of sp³-hybridized carbons (Fsp3) is 0.139. The third-order valence-electron chi connectivity index (χ3n) is 8.77. The van der Waals surface area contributed by atoms with E-state index in [0.29, 0.717) is 5.69 Å². The second-order valence-electron chi connectivity index (χ2n) is 11.2. The van der Waals surface area contributed by atoms with E-state index in [2.05, 4.69) is 104 Å². The summed E-state index contributed by atoms with van der Waals surface area (Å²) in [5.41, 5.74) is 10.9. The molecule has 0 spiro atoms. The number of benzene rings is 4. The summed E-state index contributed by atoms with van der Waals surface area (Å²) in [6.07, 6.45) is 2.94. The first-order chi connectivity index (χ1) is 20.8. The number of carbonyl (C=O) groups is 1. The molecule has 3 aromatic heterocycles. The van der Waals surface area contributed by atoms with Gasteiger partial charge in [0.05, 0.1) is 5.69 Å². The highest BCUT2D eigenvalue weighted by molar-refractivity contribution is 6.04. The second kappa shape index (κ2) is 10.1. The molecule has 0 unspecified atom stereocenters. The van der Waals surface area contributed by atoms with Crippen LogP contribution in [0.15, 0.2) is 103 Å². The van der Waals surface area contributed by atoms with Crippen molar-refractivity contribution in [1.29, 1.82) is 0 Å². The summed E-state index contributed by atoms with van der Waals surface area (Å²) in [5, 5.41) is 3.59. The number of fused-ring (bicyclic) bond motifs is 3. The maximum absolute atomic E-state index is 11.9. The number of hydrogen-bond acceptors (Lipinski definition) is 3. The van der Waals surface area contributed by atoms with Crippen molar-refractivity contribution in [2.75, 3.05) is 31.1 Å². The van der Waals surface area contributed by atoms with Crippen LogP contribution in [0.2, 0.25) is 0 Å². The van der Waals surface area contributed by atoms with Crippen LogP contribution in [0.4, 0.5) is 5.69 Å². The summed E-state index contributed by atoms with van der Waals surface area (Å²) in [5.74, 6) is 0. The largest absolute Gasteiger partial charge is 0.368 e. The average Bonchev–Trinajstić information content (AvgIpc) is 3.76. The van der Waals surface area contributed by atoms with Crippen molar-refractivity contribution >= 4 is 44.7 Å². The van der Waals surface area contributed by atoms with Gasteiger partial charge in [0.15, 0.2) is 6.29 Å². The molecule has 0 atom stereocenters. The summed E-state index contributed by atoms with van der Waals surface area (Å²) in [7, 11) is 0. The molecule has 7 aromatic rings. The standard InChI is InChI=1S/C36H31N5O/c42-23-33-36(28-7-2-4-9-31(28)39-33)25-14-12-24(13-15-25)35-27-6-1-3-8-30(27)38-32(35)22-40-18-20-41(21-19-40)34-11-5-10-29-26(34)16-17-37-29/h1-17,23,37-39H,18-22H2. The molecule has 6 heteroatoms. The number of nitrogens with zero attached hydrogens (tertiary/aromatic N) is 2. The first-order valence-corrected chi connectivity index (χ1v) is 14.6. The Hall–Kier alpha value is -5.07. The fourth-order valence-corrected chi connectivity index (χ4v) is 6.73. The Labute approximate surface area is 243 Å². The highest BCUT2D eigenvalue weighted by atomic mass is 16.1. The van der Waals surface area contributed by atoms with Gasteiger partial charge in [-0.15, -0.1) is 0 Å². The van der Waals surface area contributed by atoms with Crippen molar-refractivity contribution in [3.63, 3.8) is 0 Å². The summed E-state index contributed by atoms with van der Waals surface area (Å²) in [6.45, 7) is 4.87. The molecule has 1 saturated heterocycles. The van der Waals surface area contributed by atoms with Gasteiger partial charge in [0.25, 0.3) is 0 Å². The van der Waals surface area contributed by atoms with Crippen LogP contribution in [-0.4, -0.2) is 52.3 Å². The summed E-state index contributed by atoms with van der Waals surface area (Å²) in [6, 6.07) is 34.0. The molecule has 0 radical (unpaired) electrons. The number of aldehydes is 1. The van der Waals surface area contributed by atoms with Crippen LogP contribution in [0.3, 0.4) is 0 Å². The zero-order valence-electron chi connectivity index (χ0n) is 23.2. The van der Waals surface area contributed by atoms with E-state index in [1.165, 1.54) is 38.8 Å². The highest BCUT2D eigenvalue weighted by Crippen LogP contribution is 2.37. The smallest absolute Gasteiger partial charge is 0.166 e. The van der Waals surface area contributed by atoms with Crippen LogP contribution >= 0.6 is 0 Å². The van der Waals surface area contributed by atoms with E-state index < -0.39 is 0 Å². The molecule has 4 aromatic carbocycles. The van der Waals surface area contributed by atoms with Crippen molar-refractivity contribution in [3.8, 4) is 22.3 Å². The second-order valence-corrected chi connectivity index (χ2v) is 11.2. The van der Waals surface area contributed by atoms with Gasteiger partial charge in [-0.1, -0.05) is 66.7 Å². The van der Waals surface area contributed by atoms with E-state index in [4.69, 9.17) is 0 Å². The van der Waals surface area contributed by atoms with Gasteiger partial charge < -0.3 is 19.9 Å². The van der Waals surface area contributed by atoms with Gasteiger partial charge in [0.2, 0.25) is 0 Å². The number of nitrogens with one attached hydrogen (secondary N) is 3. The number of anilines is 1. The number of aromatic nitrogens is 3. The molecule has 6 nitrogen and oxygen atoms in total. The minimum atomic E-state index is 0.614. The van der Waals surface area contributed by atoms with E-state index in [0.717, 1.165) is 66.6 Å². The molecule has 0 amide bonds. The Morgan fingerprint density at radius 3 is 2.00 bits per heavy atom. The van der Waals surface area contributed by atoms with Gasteiger partial charge in [-0.05, 0) is 41.5 Å². The molecule has 1 aliphatic heterocycles. The van der Waals surface area contributed by atoms with Gasteiger partial charge >= 0.3 is 0 Å². The predicted molar refractivity (Wildman–Crippen MR) is 172 cm³/mol. The lowest BCUT2D eigenvalue weighted by Gasteiger charge is -2.36. The first-order valence-electron chi connectivity index (χ1n) is 14.6. The van der Waals surface area contributed by atoms with Crippen LogP contribution in [0.1, 0.15) is 16.2 Å². The maximum Gasteiger partial charge on any atom is 0.166 e. The zero-order valence-corrected chi connectivity index (χ0v) is 23.2. The van der Waals surface area contributed by atoms with Crippen LogP contribution < -0.4 is 4.90 Å². The molecule has 8 rings (SSSR count). The molecule has 206 valence electrons. The summed E-state index contributed by atoms with van der Waals surface area (Å²) < 4.78 is 0. The zero-order chi connectivity index (χ0) is 28.0. The summed E-state index contributed by atoms with van der Waals surface area (Å²) in [4.78, 5) is 27.3. The monoisotopic (exact) mass is 549 g/mol. The lowest BCUT2D eigenvalue weighted by atomic mass is 9.96. The number of aromatic amines is 3. The van der Waals surface area contributed by atoms with Crippen molar-refractivity contribution in [3.05, 3.63) is 115 Å². The van der Waals surface area contributed by atoms with Gasteiger partial charge in [-0.3, -0.25) is 9.69 Å². The van der Waals surface area contributed by atoms with Crippen LogP contribution in [0, 0.1) is 0 Å². The topological polar surface area (TPSA) is 70.9 Å². The average molecular weight is 550 g/mol. The number of para-hydroxylation sites is 2. The normalized spacial score (nSPS) is 14.3. The molecule has 1 fully saturated rings. The van der Waals surface area contributed by atoms with Crippen molar-refractivity contribution in [2.24, 2.45) is 0 Å². The Morgan fingerprint density at radius 1 is 0.619 bits per heavy atom. The van der Waals surface area contributed by atoms with Gasteiger partial charge in [-0.2, -0.15) is 0 Å². The van der Waals surface area contributed by atoms with Crippen LogP contribution in [0.25, 0.3) is 55.0 Å². The Kier molecular flexibility index (Phi) is 5.93. The lowest BCUT2D eigenvalue weighted by molar-refractivity contribution is 0.112. The predicted octanol–water partition coefficient (Wildman–Crippen LogP) is 7.60. The van der Waals surface area contributed by atoms with Crippen molar-refractivity contribution in [1.82, 2.24) is 19.9 Å². The SMILES string of the molecule is O=Cc1[nH]c2ccccc2c1-c1ccc(-c2c(CN3CCN(c4cccc5[nH]ccc45)CC3)[nH]c3ccccc23)cc1. The number of piperazine rings is 1. The summed E-state index contributed by atoms with van der Waals surface area (Å²) >= 11 is 0. The highest BCUT2D eigenvalue weighted by Gasteiger charge is 2.22. The van der Waals surface area contributed by atoms with E-state index in [9.17, 15) is 4.79 Å². The molecular formula is C36H31N5O. The van der Waals surface area contributed by atoms with E-state index in [-0.39, 0.29) is 0 Å². The van der Waals surface area contributed by atoms with E-state index >= 15 is 0 Å². The minimum Gasteiger partial charge on any atom is -0.368 e. The molecular weight excluding hydrogens is 518 g/mol. The van der Waals surface area contributed by atoms with Gasteiger partial charge in [-0.25, -0.2) is 0 Å². The van der Waals surface area contributed by atoms with Crippen LogP contribution in [0.5, 0.6) is 0 Å². The Balaban J connectivity index is 1.09. The molecule has 0 aliphatic carbocycles. The van der Waals surface area contributed by atoms with E-state index in [1.54, 1.807) is 0 Å². The molecule has 1 aliphatic rings. The first kappa shape index (κ1) is 24.7. The number of H-pyrrole nitrogens is 3. The minimum absolute atomic E-state index is 0.614. The third-order valence-corrected chi connectivity index (χ3v) is 8.77. The molecule has 0 saturated carbocycles. The maximum atomic E-state index is 11.9. The van der Waals surface area contributed by atoms with Crippen LogP contribution in [-0.2, 0) is 6.54 Å². The van der Waals surface area contributed by atoms with Crippen molar-refractivity contribution in [2.45, 2.75) is 6.54 Å². The molecule has 4 heterocycles. The lowest BCUT2D eigenvalue weighted by Crippen LogP contribution is -2.46. The Bertz CT molecular complexity index is 2050. The molecule has 0 bridgehead atoms. The number of carbonyl (C=O) groups excluding carboxylic acids is 1. The van der Waals surface area contributed by atoms with Gasteiger partial charge in [0.1, 0.15) is 0 Å². The Morgan fingerprint density at radius 2 is 1.26 bits per heavy atom. The fourth-order valence-electron chi connectivity index (χ4n) is 6.73. The number of hydrogen-bond donors (Lipinski definition) is 3. The quantitative estimate of drug-likeness (QED) is 0.187. The molecule has 42 heavy (non-hydrogen) atoms. The number of rotatable bonds is 6. The van der Waals surface area contributed by atoms with E-state index in [1.807, 2.05) is 24.4 Å². The third kappa shape index (κ3) is 4.11. The van der Waals surface area contributed by atoms with Crippen molar-refractivity contribution < 1.29 is 4.79 Å². The molecule has 3 N–H and O–H groups in total.